The van der Waals surface area contributed by atoms with E-state index < -0.39 is 5.82 Å². The number of nitrogen functional groups attached to an aromatic ring is 1. The van der Waals surface area contributed by atoms with Crippen LogP contribution in [0, 0.1) is 11.7 Å². The Hall–Kier alpha value is -2.50. The normalized spacial score (nSPS) is 16.7. The van der Waals surface area contributed by atoms with E-state index in [1.165, 1.54) is 83.8 Å². The fraction of sp³-hybridized carbons (Fsp3) is 0.467. The van der Waals surface area contributed by atoms with Crippen LogP contribution in [0.2, 0.25) is 5.02 Å². The smallest absolute Gasteiger partial charge is 0.163 e. The van der Waals surface area contributed by atoms with Crippen molar-refractivity contribution in [2.75, 3.05) is 25.4 Å². The maximum Gasteiger partial charge on any atom is 0.163 e. The number of aryl methyl sites for hydroxylation is 1. The standard InChI is InChI=1S/C19H16ClFN2O.C11H21N/c1-3-11-4-12(6-13(20)5-11)14-7-15-18(8-17(14)21)23-9-16(10(2)24)19(15)22;1-2-6-11(7-3-1)10-12-8-4-5-9-12/h4-9H,3H2,1-2H3,(H2,22,23);11H,1-10H2. The van der Waals surface area contributed by atoms with Gasteiger partial charge in [-0.15, -0.1) is 0 Å². The summed E-state index contributed by atoms with van der Waals surface area (Å²) in [5.74, 6) is 0.468. The van der Waals surface area contributed by atoms with E-state index in [1.54, 1.807) is 12.1 Å². The first-order valence-corrected chi connectivity index (χ1v) is 13.6. The number of carbonyl (C=O) groups is 1. The van der Waals surface area contributed by atoms with E-state index in [-0.39, 0.29) is 5.78 Å². The van der Waals surface area contributed by atoms with E-state index in [4.69, 9.17) is 17.3 Å². The van der Waals surface area contributed by atoms with E-state index in [9.17, 15) is 9.18 Å². The topological polar surface area (TPSA) is 59.2 Å². The molecule has 192 valence electrons. The van der Waals surface area contributed by atoms with Crippen LogP contribution in [0.1, 0.15) is 74.7 Å². The number of aromatic nitrogens is 1. The summed E-state index contributed by atoms with van der Waals surface area (Å²) in [7, 11) is 0. The van der Waals surface area contributed by atoms with Crippen LogP contribution in [0.15, 0.2) is 36.5 Å². The van der Waals surface area contributed by atoms with Gasteiger partial charge >= 0.3 is 0 Å². The van der Waals surface area contributed by atoms with Crippen LogP contribution in [-0.4, -0.2) is 35.3 Å². The van der Waals surface area contributed by atoms with Crippen molar-refractivity contribution in [1.82, 2.24) is 9.88 Å². The zero-order valence-electron chi connectivity index (χ0n) is 21.5. The van der Waals surface area contributed by atoms with Gasteiger partial charge in [-0.25, -0.2) is 4.39 Å². The van der Waals surface area contributed by atoms with Crippen molar-refractivity contribution in [2.24, 2.45) is 5.92 Å². The number of nitrogens with zero attached hydrogens (tertiary/aromatic N) is 2. The van der Waals surface area contributed by atoms with Crippen LogP contribution < -0.4 is 5.73 Å². The summed E-state index contributed by atoms with van der Waals surface area (Å²) >= 11 is 6.14. The number of hydrogen-bond donors (Lipinski definition) is 1. The Kier molecular flexibility index (Phi) is 8.97. The highest BCUT2D eigenvalue weighted by Gasteiger charge is 2.19. The predicted octanol–water partition coefficient (Wildman–Crippen LogP) is 7.70. The number of Topliss-reactive ketones (excluding diaryl/α,β-unsaturated/α-hetero) is 1. The zero-order chi connectivity index (χ0) is 25.7. The average Bonchev–Trinajstić information content (AvgIpc) is 3.37. The molecule has 6 heteroatoms. The van der Waals surface area contributed by atoms with Crippen molar-refractivity contribution in [3.8, 4) is 11.1 Å². The van der Waals surface area contributed by atoms with E-state index in [0.717, 1.165) is 17.9 Å². The molecule has 3 aromatic rings. The highest BCUT2D eigenvalue weighted by atomic mass is 35.5. The van der Waals surface area contributed by atoms with Gasteiger partial charge in [-0.05, 0) is 87.4 Å². The van der Waals surface area contributed by atoms with E-state index in [0.29, 0.717) is 38.3 Å². The van der Waals surface area contributed by atoms with E-state index in [2.05, 4.69) is 9.88 Å². The molecule has 0 radical (unpaired) electrons. The summed E-state index contributed by atoms with van der Waals surface area (Å²) in [5, 5.41) is 1.10. The molecule has 0 bridgehead atoms. The minimum Gasteiger partial charge on any atom is -0.398 e. The summed E-state index contributed by atoms with van der Waals surface area (Å²) in [6, 6.07) is 8.42. The average molecular weight is 510 g/mol. The van der Waals surface area contributed by atoms with Gasteiger partial charge in [-0.3, -0.25) is 9.78 Å². The second-order valence-corrected chi connectivity index (χ2v) is 10.6. The largest absolute Gasteiger partial charge is 0.398 e. The zero-order valence-corrected chi connectivity index (χ0v) is 22.2. The molecule has 5 rings (SSSR count). The van der Waals surface area contributed by atoms with Gasteiger partial charge in [0.1, 0.15) is 5.82 Å². The molecule has 1 aromatic heterocycles. The molecule has 0 unspecified atom stereocenters. The quantitative estimate of drug-likeness (QED) is 0.358. The first-order chi connectivity index (χ1) is 17.4. The molecule has 1 saturated carbocycles. The first kappa shape index (κ1) is 26.6. The van der Waals surface area contributed by atoms with Crippen LogP contribution in [-0.2, 0) is 6.42 Å². The summed E-state index contributed by atoms with van der Waals surface area (Å²) in [6.45, 7) is 7.62. The number of fused-ring (bicyclic) bond motifs is 1. The van der Waals surface area contributed by atoms with Gasteiger partial charge in [0.05, 0.1) is 16.8 Å². The lowest BCUT2D eigenvalue weighted by atomic mass is 9.89. The maximum absolute atomic E-state index is 14.6. The molecule has 2 N–H and O–H groups in total. The molecule has 36 heavy (non-hydrogen) atoms. The number of rotatable bonds is 5. The molecule has 0 atom stereocenters. The van der Waals surface area contributed by atoms with Crippen LogP contribution >= 0.6 is 11.6 Å². The SMILES string of the molecule is C1CCC(CN2CCCC2)CC1.CCc1cc(Cl)cc(-c2cc3c(N)c(C(C)=O)cnc3cc2F)c1. The summed E-state index contributed by atoms with van der Waals surface area (Å²) in [6.07, 6.45) is 12.6. The van der Waals surface area contributed by atoms with Crippen molar-refractivity contribution in [3.05, 3.63) is 58.5 Å². The van der Waals surface area contributed by atoms with Gasteiger partial charge in [-0.1, -0.05) is 43.9 Å². The Balaban J connectivity index is 0.000000211. The minimum atomic E-state index is -0.408. The van der Waals surface area contributed by atoms with Crippen LogP contribution in [0.5, 0.6) is 0 Å². The highest BCUT2D eigenvalue weighted by molar-refractivity contribution is 6.31. The third kappa shape index (κ3) is 6.43. The number of anilines is 1. The Morgan fingerprint density at radius 1 is 1.08 bits per heavy atom. The molecule has 2 heterocycles. The minimum absolute atomic E-state index is 0.177. The fourth-order valence-corrected chi connectivity index (χ4v) is 5.70. The van der Waals surface area contributed by atoms with Crippen LogP contribution in [0.25, 0.3) is 22.0 Å². The number of halogens is 2. The number of likely N-dealkylation sites (tertiary alicyclic amines) is 1. The van der Waals surface area contributed by atoms with Gasteiger partial charge < -0.3 is 10.6 Å². The molecule has 1 saturated heterocycles. The molecular weight excluding hydrogens is 473 g/mol. The predicted molar refractivity (Wildman–Crippen MR) is 148 cm³/mol. The maximum atomic E-state index is 14.6. The lowest BCUT2D eigenvalue weighted by molar-refractivity contribution is 0.101. The second kappa shape index (κ2) is 12.2. The summed E-state index contributed by atoms with van der Waals surface area (Å²) in [5.41, 5.74) is 9.22. The molecule has 2 fully saturated rings. The third-order valence-corrected chi connectivity index (χ3v) is 7.71. The van der Waals surface area contributed by atoms with Gasteiger partial charge in [-0.2, -0.15) is 0 Å². The summed E-state index contributed by atoms with van der Waals surface area (Å²) < 4.78 is 14.6. The van der Waals surface area contributed by atoms with E-state index in [1.807, 2.05) is 19.1 Å². The third-order valence-electron chi connectivity index (χ3n) is 7.49. The molecular formula is C30H37ClFN3O. The number of hydrogen-bond acceptors (Lipinski definition) is 4. The molecule has 0 amide bonds. The molecule has 4 nitrogen and oxygen atoms in total. The van der Waals surface area contributed by atoms with Gasteiger partial charge in [0, 0.05) is 34.8 Å². The number of carbonyl (C=O) groups excluding carboxylic acids is 1. The molecule has 1 aliphatic carbocycles. The highest BCUT2D eigenvalue weighted by Crippen LogP contribution is 2.33. The van der Waals surface area contributed by atoms with E-state index >= 15 is 0 Å². The van der Waals surface area contributed by atoms with Crippen molar-refractivity contribution < 1.29 is 9.18 Å². The van der Waals surface area contributed by atoms with Crippen LogP contribution in [0.3, 0.4) is 0 Å². The Labute approximate surface area is 219 Å². The van der Waals surface area contributed by atoms with Crippen molar-refractivity contribution in [2.45, 2.75) is 65.2 Å². The van der Waals surface area contributed by atoms with Crippen molar-refractivity contribution in [3.63, 3.8) is 0 Å². The van der Waals surface area contributed by atoms with Gasteiger partial charge in [0.25, 0.3) is 0 Å². The molecule has 2 aliphatic rings. The lowest BCUT2D eigenvalue weighted by Crippen LogP contribution is -2.27. The fourth-order valence-electron chi connectivity index (χ4n) is 5.45. The van der Waals surface area contributed by atoms with Crippen molar-refractivity contribution >= 4 is 34.0 Å². The first-order valence-electron chi connectivity index (χ1n) is 13.3. The molecule has 1 aliphatic heterocycles. The monoisotopic (exact) mass is 509 g/mol. The Morgan fingerprint density at radius 3 is 2.47 bits per heavy atom. The molecule has 0 spiro atoms. The Morgan fingerprint density at radius 2 is 1.81 bits per heavy atom. The second-order valence-electron chi connectivity index (χ2n) is 10.2. The van der Waals surface area contributed by atoms with Gasteiger partial charge in [0.2, 0.25) is 0 Å². The lowest BCUT2D eigenvalue weighted by Gasteiger charge is -2.26. The Bertz CT molecular complexity index is 1220. The number of nitrogens with two attached hydrogens (primary N) is 1. The van der Waals surface area contributed by atoms with Crippen molar-refractivity contribution in [1.29, 1.82) is 0 Å². The summed E-state index contributed by atoms with van der Waals surface area (Å²) in [4.78, 5) is 18.5. The number of ketones is 1. The molecule has 2 aromatic carbocycles. The number of benzene rings is 2. The van der Waals surface area contributed by atoms with Crippen LogP contribution in [0.4, 0.5) is 10.1 Å². The van der Waals surface area contributed by atoms with Gasteiger partial charge in [0.15, 0.2) is 5.78 Å². The number of pyridine rings is 1.